The fraction of sp³-hybridized carbons (Fsp3) is 0.312. The van der Waals surface area contributed by atoms with Gasteiger partial charge in [0.15, 0.2) is 0 Å². The number of nitrogens with zero attached hydrogens (tertiary/aromatic N) is 1. The van der Waals surface area contributed by atoms with Crippen LogP contribution in [0, 0.1) is 6.92 Å². The number of hydrogen-bond acceptors (Lipinski definition) is 3. The van der Waals surface area contributed by atoms with Crippen molar-refractivity contribution in [3.8, 4) is 0 Å². The van der Waals surface area contributed by atoms with Crippen molar-refractivity contribution in [1.29, 1.82) is 0 Å². The number of nitrogen functional groups attached to an aromatic ring is 1. The van der Waals surface area contributed by atoms with Crippen LogP contribution in [0.4, 0.5) is 5.69 Å². The molecule has 0 atom stereocenters. The molecule has 1 aromatic heterocycles. The fourth-order valence-corrected chi connectivity index (χ4v) is 3.13. The van der Waals surface area contributed by atoms with Gasteiger partial charge in [0.05, 0.1) is 4.88 Å². The van der Waals surface area contributed by atoms with Gasteiger partial charge in [0.25, 0.3) is 5.91 Å². The lowest BCUT2D eigenvalue weighted by Crippen LogP contribution is -2.32. The standard InChI is InChI=1S/C16H18N2OS/c1-11-6-9-15(20-11)16(19)18(13-7-8-13)10-12-4-2-3-5-14(12)17/h2-6,9,13H,7-8,10,17H2,1H3. The first-order valence-corrected chi connectivity index (χ1v) is 7.67. The zero-order valence-corrected chi connectivity index (χ0v) is 12.3. The maximum absolute atomic E-state index is 12.7. The zero-order valence-electron chi connectivity index (χ0n) is 11.5. The van der Waals surface area contributed by atoms with Crippen LogP contribution in [-0.2, 0) is 6.54 Å². The van der Waals surface area contributed by atoms with E-state index >= 15 is 0 Å². The highest BCUT2D eigenvalue weighted by Crippen LogP contribution is 2.31. The summed E-state index contributed by atoms with van der Waals surface area (Å²) in [5.41, 5.74) is 7.78. The van der Waals surface area contributed by atoms with E-state index in [0.29, 0.717) is 12.6 Å². The van der Waals surface area contributed by atoms with E-state index in [2.05, 4.69) is 0 Å². The van der Waals surface area contributed by atoms with Crippen molar-refractivity contribution in [3.05, 3.63) is 51.7 Å². The van der Waals surface area contributed by atoms with Gasteiger partial charge in [-0.2, -0.15) is 0 Å². The predicted molar refractivity (Wildman–Crippen MR) is 82.8 cm³/mol. The minimum atomic E-state index is 0.133. The topological polar surface area (TPSA) is 46.3 Å². The maximum Gasteiger partial charge on any atom is 0.264 e. The lowest BCUT2D eigenvalue weighted by molar-refractivity contribution is 0.0735. The van der Waals surface area contributed by atoms with Crippen molar-refractivity contribution in [2.24, 2.45) is 0 Å². The van der Waals surface area contributed by atoms with Crippen LogP contribution in [0.2, 0.25) is 0 Å². The molecule has 1 heterocycles. The molecule has 1 amide bonds. The molecule has 3 nitrogen and oxygen atoms in total. The number of carbonyl (C=O) groups excluding carboxylic acids is 1. The second-order valence-electron chi connectivity index (χ2n) is 5.27. The van der Waals surface area contributed by atoms with Crippen molar-refractivity contribution < 1.29 is 4.79 Å². The quantitative estimate of drug-likeness (QED) is 0.875. The summed E-state index contributed by atoms with van der Waals surface area (Å²) in [5.74, 6) is 0.133. The van der Waals surface area contributed by atoms with E-state index in [1.165, 1.54) is 4.88 Å². The van der Waals surface area contributed by atoms with Crippen LogP contribution in [0.15, 0.2) is 36.4 Å². The average molecular weight is 286 g/mol. The summed E-state index contributed by atoms with van der Waals surface area (Å²) >= 11 is 1.56. The second kappa shape index (κ2) is 5.29. The zero-order chi connectivity index (χ0) is 14.1. The van der Waals surface area contributed by atoms with Gasteiger partial charge in [-0.1, -0.05) is 18.2 Å². The smallest absolute Gasteiger partial charge is 0.264 e. The van der Waals surface area contributed by atoms with Gasteiger partial charge in [0, 0.05) is 23.2 Å². The Morgan fingerprint density at radius 1 is 1.30 bits per heavy atom. The molecule has 20 heavy (non-hydrogen) atoms. The number of aryl methyl sites for hydroxylation is 1. The first-order chi connectivity index (χ1) is 9.65. The number of para-hydroxylation sites is 1. The molecule has 1 aliphatic rings. The van der Waals surface area contributed by atoms with Crippen molar-refractivity contribution in [2.45, 2.75) is 32.4 Å². The third kappa shape index (κ3) is 2.70. The largest absolute Gasteiger partial charge is 0.398 e. The molecule has 2 aromatic rings. The van der Waals surface area contributed by atoms with Crippen molar-refractivity contribution in [1.82, 2.24) is 4.90 Å². The van der Waals surface area contributed by atoms with E-state index in [4.69, 9.17) is 5.73 Å². The number of carbonyl (C=O) groups is 1. The Labute approximate surface area is 123 Å². The van der Waals surface area contributed by atoms with E-state index in [-0.39, 0.29) is 5.91 Å². The van der Waals surface area contributed by atoms with Crippen LogP contribution < -0.4 is 5.73 Å². The Hall–Kier alpha value is -1.81. The maximum atomic E-state index is 12.7. The van der Waals surface area contributed by atoms with Gasteiger partial charge in [-0.3, -0.25) is 4.79 Å². The first-order valence-electron chi connectivity index (χ1n) is 6.86. The number of nitrogens with two attached hydrogens (primary N) is 1. The number of thiophene rings is 1. The molecule has 0 saturated heterocycles. The van der Waals surface area contributed by atoms with Gasteiger partial charge >= 0.3 is 0 Å². The van der Waals surface area contributed by atoms with Crippen LogP contribution in [0.25, 0.3) is 0 Å². The molecule has 2 N–H and O–H groups in total. The molecule has 0 spiro atoms. The first kappa shape index (κ1) is 13.2. The van der Waals surface area contributed by atoms with Crippen molar-refractivity contribution in [2.75, 3.05) is 5.73 Å². The minimum Gasteiger partial charge on any atom is -0.398 e. The van der Waals surface area contributed by atoms with Gasteiger partial charge in [0.1, 0.15) is 0 Å². The molecule has 104 valence electrons. The molecular weight excluding hydrogens is 268 g/mol. The lowest BCUT2D eigenvalue weighted by atomic mass is 10.1. The van der Waals surface area contributed by atoms with E-state index < -0.39 is 0 Å². The molecule has 0 unspecified atom stereocenters. The van der Waals surface area contributed by atoms with E-state index in [0.717, 1.165) is 29.0 Å². The third-order valence-electron chi connectivity index (χ3n) is 3.60. The van der Waals surface area contributed by atoms with E-state index in [9.17, 15) is 4.79 Å². The Balaban J connectivity index is 1.83. The van der Waals surface area contributed by atoms with Gasteiger partial charge in [0.2, 0.25) is 0 Å². The Morgan fingerprint density at radius 2 is 2.05 bits per heavy atom. The number of benzene rings is 1. The third-order valence-corrected chi connectivity index (χ3v) is 4.58. The highest BCUT2D eigenvalue weighted by Gasteiger charge is 2.33. The number of rotatable bonds is 4. The van der Waals surface area contributed by atoms with Gasteiger partial charge < -0.3 is 10.6 Å². The molecule has 4 heteroatoms. The molecule has 1 aromatic carbocycles. The van der Waals surface area contributed by atoms with Gasteiger partial charge in [-0.05, 0) is 43.5 Å². The Kier molecular flexibility index (Phi) is 3.49. The molecule has 0 aliphatic heterocycles. The SMILES string of the molecule is Cc1ccc(C(=O)N(Cc2ccccc2N)C2CC2)s1. The van der Waals surface area contributed by atoms with Crippen LogP contribution in [0.5, 0.6) is 0 Å². The predicted octanol–water partition coefficient (Wildman–Crippen LogP) is 3.44. The highest BCUT2D eigenvalue weighted by molar-refractivity contribution is 7.13. The molecule has 0 radical (unpaired) electrons. The normalized spacial score (nSPS) is 14.2. The summed E-state index contributed by atoms with van der Waals surface area (Å²) < 4.78 is 0. The van der Waals surface area contributed by atoms with Crippen LogP contribution >= 0.6 is 11.3 Å². The molecule has 1 saturated carbocycles. The Bertz CT molecular complexity index is 631. The summed E-state index contributed by atoms with van der Waals surface area (Å²) in [4.78, 5) is 16.6. The lowest BCUT2D eigenvalue weighted by Gasteiger charge is -2.22. The summed E-state index contributed by atoms with van der Waals surface area (Å²) in [6.45, 7) is 2.63. The molecule has 0 bridgehead atoms. The molecule has 3 rings (SSSR count). The summed E-state index contributed by atoms with van der Waals surface area (Å²) in [6.07, 6.45) is 2.20. The summed E-state index contributed by atoms with van der Waals surface area (Å²) in [7, 11) is 0. The molecule has 1 aliphatic carbocycles. The van der Waals surface area contributed by atoms with Crippen molar-refractivity contribution in [3.63, 3.8) is 0 Å². The average Bonchev–Trinajstić information content (AvgIpc) is 3.18. The van der Waals surface area contributed by atoms with E-state index in [1.54, 1.807) is 11.3 Å². The fourth-order valence-electron chi connectivity index (χ4n) is 2.31. The van der Waals surface area contributed by atoms with Crippen LogP contribution in [0.3, 0.4) is 0 Å². The van der Waals surface area contributed by atoms with Gasteiger partial charge in [-0.25, -0.2) is 0 Å². The molecular formula is C16H18N2OS. The Morgan fingerprint density at radius 3 is 2.65 bits per heavy atom. The highest BCUT2D eigenvalue weighted by atomic mass is 32.1. The monoisotopic (exact) mass is 286 g/mol. The second-order valence-corrected chi connectivity index (χ2v) is 6.56. The summed E-state index contributed by atoms with van der Waals surface area (Å²) in [5, 5.41) is 0. The van der Waals surface area contributed by atoms with Crippen LogP contribution in [-0.4, -0.2) is 16.8 Å². The van der Waals surface area contributed by atoms with Crippen LogP contribution in [0.1, 0.15) is 33.0 Å². The number of amides is 1. The van der Waals surface area contributed by atoms with E-state index in [1.807, 2.05) is 48.2 Å². The minimum absolute atomic E-state index is 0.133. The summed E-state index contributed by atoms with van der Waals surface area (Å²) in [6, 6.07) is 12.1. The van der Waals surface area contributed by atoms with Crippen molar-refractivity contribution >= 4 is 22.9 Å². The number of hydrogen-bond donors (Lipinski definition) is 1. The molecule has 1 fully saturated rings. The number of anilines is 1. The van der Waals surface area contributed by atoms with Gasteiger partial charge in [-0.15, -0.1) is 11.3 Å².